The van der Waals surface area contributed by atoms with E-state index < -0.39 is 35.5 Å². The SMILES string of the molecule is CC(OC(=O)[C@@H]1CC(O)CN1C(=O)C12CC3CC(CC(C3)C1)C2)C(=O)Nc1ccc2c(c1)OCCO2. The molecular formula is C27H34N2O7. The summed E-state index contributed by atoms with van der Waals surface area (Å²) < 4.78 is 16.6. The number of rotatable bonds is 5. The van der Waals surface area contributed by atoms with E-state index in [1.54, 1.807) is 23.1 Å². The maximum absolute atomic E-state index is 13.8. The molecule has 1 aromatic carbocycles. The Morgan fingerprint density at radius 3 is 2.33 bits per heavy atom. The lowest BCUT2D eigenvalue weighted by atomic mass is 9.49. The van der Waals surface area contributed by atoms with Crippen molar-refractivity contribution in [2.75, 3.05) is 25.1 Å². The van der Waals surface area contributed by atoms with Crippen molar-refractivity contribution in [1.29, 1.82) is 0 Å². The summed E-state index contributed by atoms with van der Waals surface area (Å²) in [5, 5.41) is 13.1. The fourth-order valence-corrected chi connectivity index (χ4v) is 7.61. The Bertz CT molecular complexity index is 1040. The summed E-state index contributed by atoms with van der Waals surface area (Å²) in [7, 11) is 0. The Balaban J connectivity index is 1.11. The number of nitrogens with zero attached hydrogens (tertiary/aromatic N) is 1. The standard InChI is InChI=1S/C27H34N2O7/c1-15(24(31)28-19-2-3-22-23(9-19)35-5-4-34-22)36-25(32)21-10-20(30)14-29(21)26(33)27-11-16-6-17(12-27)8-18(7-16)13-27/h2-3,9,15-18,20-21,30H,4-8,10-14H2,1H3,(H,28,31)/t15?,16?,17?,18?,20?,21-,27?/m0/s1. The van der Waals surface area contributed by atoms with Gasteiger partial charge in [-0.05, 0) is 75.3 Å². The van der Waals surface area contributed by atoms with Crippen LogP contribution in [0.1, 0.15) is 51.9 Å². The Morgan fingerprint density at radius 2 is 1.67 bits per heavy atom. The number of benzene rings is 1. The number of likely N-dealkylation sites (tertiary alicyclic amines) is 1. The van der Waals surface area contributed by atoms with Crippen molar-refractivity contribution in [2.24, 2.45) is 23.2 Å². The van der Waals surface area contributed by atoms with Gasteiger partial charge in [0.05, 0.1) is 11.5 Å². The molecule has 2 amide bonds. The van der Waals surface area contributed by atoms with Crippen LogP contribution in [0.5, 0.6) is 11.5 Å². The van der Waals surface area contributed by atoms with E-state index in [1.807, 2.05) is 0 Å². The number of hydrogen-bond donors (Lipinski definition) is 2. The molecule has 36 heavy (non-hydrogen) atoms. The van der Waals surface area contributed by atoms with Crippen molar-refractivity contribution in [2.45, 2.75) is 70.1 Å². The number of nitrogens with one attached hydrogen (secondary N) is 1. The molecule has 0 radical (unpaired) electrons. The van der Waals surface area contributed by atoms with E-state index in [-0.39, 0.29) is 18.9 Å². The molecular weight excluding hydrogens is 464 g/mol. The van der Waals surface area contributed by atoms with E-state index in [4.69, 9.17) is 14.2 Å². The van der Waals surface area contributed by atoms with Gasteiger partial charge in [-0.1, -0.05) is 0 Å². The van der Waals surface area contributed by atoms with E-state index >= 15 is 0 Å². The molecule has 6 aliphatic rings. The molecule has 7 rings (SSSR count). The van der Waals surface area contributed by atoms with E-state index in [9.17, 15) is 19.5 Å². The van der Waals surface area contributed by atoms with Crippen molar-refractivity contribution in [3.05, 3.63) is 18.2 Å². The average molecular weight is 499 g/mol. The number of fused-ring (bicyclic) bond motifs is 1. The number of hydrogen-bond acceptors (Lipinski definition) is 7. The number of anilines is 1. The average Bonchev–Trinajstić information content (AvgIpc) is 3.24. The van der Waals surface area contributed by atoms with Crippen LogP contribution in [0.4, 0.5) is 5.69 Å². The summed E-state index contributed by atoms with van der Waals surface area (Å²) in [5.41, 5.74) is 0.0977. The third-order valence-electron chi connectivity index (χ3n) is 8.78. The zero-order valence-electron chi connectivity index (χ0n) is 20.6. The number of aliphatic hydroxyl groups is 1. The van der Waals surface area contributed by atoms with E-state index in [0.717, 1.165) is 19.3 Å². The van der Waals surface area contributed by atoms with Gasteiger partial charge in [-0.3, -0.25) is 9.59 Å². The van der Waals surface area contributed by atoms with Gasteiger partial charge >= 0.3 is 5.97 Å². The van der Waals surface area contributed by atoms with Crippen LogP contribution in [0, 0.1) is 23.2 Å². The number of amides is 2. The minimum Gasteiger partial charge on any atom is -0.486 e. The van der Waals surface area contributed by atoms with Gasteiger partial charge in [0, 0.05) is 24.7 Å². The maximum atomic E-state index is 13.8. The molecule has 1 saturated heterocycles. The molecule has 2 aliphatic heterocycles. The maximum Gasteiger partial charge on any atom is 0.329 e. The van der Waals surface area contributed by atoms with Gasteiger partial charge in [0.1, 0.15) is 19.3 Å². The minimum absolute atomic E-state index is 0.00603. The van der Waals surface area contributed by atoms with Crippen LogP contribution in [-0.4, -0.2) is 65.8 Å². The van der Waals surface area contributed by atoms with Crippen LogP contribution in [-0.2, 0) is 19.1 Å². The lowest BCUT2D eigenvalue weighted by Crippen LogP contribution is -2.56. The molecule has 4 bridgehead atoms. The van der Waals surface area contributed by atoms with Gasteiger partial charge in [0.25, 0.3) is 5.91 Å². The fraction of sp³-hybridized carbons (Fsp3) is 0.667. The summed E-state index contributed by atoms with van der Waals surface area (Å²) in [6, 6.07) is 4.21. The highest BCUT2D eigenvalue weighted by Crippen LogP contribution is 2.60. The van der Waals surface area contributed by atoms with Crippen molar-refractivity contribution in [1.82, 2.24) is 4.90 Å². The summed E-state index contributed by atoms with van der Waals surface area (Å²) >= 11 is 0. The molecule has 0 aromatic heterocycles. The lowest BCUT2D eigenvalue weighted by Gasteiger charge is -2.56. The van der Waals surface area contributed by atoms with Crippen molar-refractivity contribution in [3.63, 3.8) is 0 Å². The first-order valence-corrected chi connectivity index (χ1v) is 13.2. The molecule has 9 heteroatoms. The van der Waals surface area contributed by atoms with E-state index in [0.29, 0.717) is 48.2 Å². The van der Waals surface area contributed by atoms with Crippen molar-refractivity contribution in [3.8, 4) is 11.5 Å². The highest BCUT2D eigenvalue weighted by Gasteiger charge is 2.57. The zero-order chi connectivity index (χ0) is 25.0. The van der Waals surface area contributed by atoms with Crippen molar-refractivity contribution >= 4 is 23.5 Å². The number of ether oxygens (including phenoxy) is 3. The molecule has 2 heterocycles. The molecule has 3 atom stereocenters. The normalized spacial score (nSPS) is 34.8. The number of carbonyl (C=O) groups excluding carboxylic acids is 3. The Morgan fingerprint density at radius 1 is 1.03 bits per heavy atom. The second-order valence-corrected chi connectivity index (χ2v) is 11.5. The van der Waals surface area contributed by atoms with Crippen LogP contribution < -0.4 is 14.8 Å². The monoisotopic (exact) mass is 498 g/mol. The van der Waals surface area contributed by atoms with E-state index in [2.05, 4.69) is 5.32 Å². The number of aliphatic hydroxyl groups excluding tert-OH is 1. The molecule has 4 aliphatic carbocycles. The second-order valence-electron chi connectivity index (χ2n) is 11.5. The lowest BCUT2D eigenvalue weighted by molar-refractivity contribution is -0.168. The van der Waals surface area contributed by atoms with Gasteiger partial charge in [-0.15, -0.1) is 0 Å². The fourth-order valence-electron chi connectivity index (χ4n) is 7.61. The predicted molar refractivity (Wildman–Crippen MR) is 128 cm³/mol. The smallest absolute Gasteiger partial charge is 0.329 e. The molecule has 0 spiro atoms. The second kappa shape index (κ2) is 8.94. The molecule has 1 aromatic rings. The topological polar surface area (TPSA) is 114 Å². The molecule has 2 unspecified atom stereocenters. The van der Waals surface area contributed by atoms with Crippen molar-refractivity contribution < 1.29 is 33.7 Å². The summed E-state index contributed by atoms with van der Waals surface area (Å²) in [4.78, 5) is 41.3. The quantitative estimate of drug-likeness (QED) is 0.600. The highest BCUT2D eigenvalue weighted by atomic mass is 16.6. The van der Waals surface area contributed by atoms with Gasteiger partial charge in [0.2, 0.25) is 5.91 Å². The summed E-state index contributed by atoms with van der Waals surface area (Å²) in [5.74, 6) is 1.82. The largest absolute Gasteiger partial charge is 0.486 e. The van der Waals surface area contributed by atoms with Gasteiger partial charge < -0.3 is 29.5 Å². The predicted octanol–water partition coefficient (Wildman–Crippen LogP) is 2.51. The van der Waals surface area contributed by atoms with Crippen LogP contribution in [0.2, 0.25) is 0 Å². The van der Waals surface area contributed by atoms with Gasteiger partial charge in [0.15, 0.2) is 17.6 Å². The Labute approximate surface area is 210 Å². The Hall–Kier alpha value is -2.81. The minimum atomic E-state index is -1.07. The molecule has 194 valence electrons. The Kier molecular flexibility index (Phi) is 5.85. The van der Waals surface area contributed by atoms with Crippen LogP contribution >= 0.6 is 0 Å². The zero-order valence-corrected chi connectivity index (χ0v) is 20.6. The molecule has 2 N–H and O–H groups in total. The van der Waals surface area contributed by atoms with Crippen LogP contribution in [0.25, 0.3) is 0 Å². The highest BCUT2D eigenvalue weighted by molar-refractivity contribution is 5.96. The number of carbonyl (C=O) groups is 3. The third-order valence-corrected chi connectivity index (χ3v) is 8.78. The molecule has 9 nitrogen and oxygen atoms in total. The molecule has 4 saturated carbocycles. The van der Waals surface area contributed by atoms with Crippen LogP contribution in [0.15, 0.2) is 18.2 Å². The summed E-state index contributed by atoms with van der Waals surface area (Å²) in [6.45, 7) is 2.55. The first-order chi connectivity index (χ1) is 17.3. The molecule has 5 fully saturated rings. The third kappa shape index (κ3) is 4.21. The van der Waals surface area contributed by atoms with E-state index in [1.165, 1.54) is 26.2 Å². The van der Waals surface area contributed by atoms with Crippen LogP contribution in [0.3, 0.4) is 0 Å². The number of esters is 1. The first-order valence-electron chi connectivity index (χ1n) is 13.2. The summed E-state index contributed by atoms with van der Waals surface area (Å²) in [6.07, 6.45) is 4.61. The first kappa shape index (κ1) is 23.6. The number of β-amino-alcohol motifs (C(OH)–C–C–N with tert-alkyl or cyclic N) is 1. The van der Waals surface area contributed by atoms with Gasteiger partial charge in [-0.2, -0.15) is 0 Å². The van der Waals surface area contributed by atoms with Gasteiger partial charge in [-0.25, -0.2) is 4.79 Å².